The summed E-state index contributed by atoms with van der Waals surface area (Å²) < 4.78 is 26.9. The summed E-state index contributed by atoms with van der Waals surface area (Å²) in [5, 5.41) is 0. The van der Waals surface area contributed by atoms with Gasteiger partial charge in [0.15, 0.2) is 0 Å². The summed E-state index contributed by atoms with van der Waals surface area (Å²) in [4.78, 5) is 13.3. The molecule has 2 unspecified atom stereocenters. The van der Waals surface area contributed by atoms with Crippen LogP contribution in [0.4, 0.5) is 0 Å². The van der Waals surface area contributed by atoms with E-state index in [-0.39, 0.29) is 16.2 Å². The minimum absolute atomic E-state index is 0.159. The molecule has 2 fully saturated rings. The van der Waals surface area contributed by atoms with Gasteiger partial charge in [-0.2, -0.15) is 0 Å². The van der Waals surface area contributed by atoms with Crippen LogP contribution in [0.1, 0.15) is 38.7 Å². The third kappa shape index (κ3) is 1.61. The zero-order valence-corrected chi connectivity index (χ0v) is 14.5. The molecule has 1 aromatic rings. The Balaban J connectivity index is 1.80. The Bertz CT molecular complexity index is 836. The molecule has 3 aliphatic rings. The van der Waals surface area contributed by atoms with Crippen LogP contribution in [-0.4, -0.2) is 18.6 Å². The Labute approximate surface area is 137 Å². The molecule has 2 aliphatic carbocycles. The van der Waals surface area contributed by atoms with E-state index in [1.807, 2.05) is 6.92 Å². The number of sulfonamides is 1. The average molecular weight is 331 g/mol. The van der Waals surface area contributed by atoms with Crippen molar-refractivity contribution in [3.8, 4) is 0 Å². The lowest BCUT2D eigenvalue weighted by Gasteiger charge is -2.35. The van der Waals surface area contributed by atoms with Crippen molar-refractivity contribution in [2.45, 2.75) is 44.9 Å². The molecule has 1 spiro atoms. The summed E-state index contributed by atoms with van der Waals surface area (Å²) >= 11 is 0. The minimum atomic E-state index is -3.82. The molecule has 0 radical (unpaired) electrons. The Morgan fingerprint density at radius 2 is 1.83 bits per heavy atom. The maximum atomic E-state index is 13.2. The molecule has 1 heterocycles. The Kier molecular flexibility index (Phi) is 2.77. The number of nitrogens with zero attached hydrogens (tertiary/aromatic N) is 1. The molecular formula is C18H21NO3S. The van der Waals surface area contributed by atoms with Crippen molar-refractivity contribution < 1.29 is 13.2 Å². The standard InChI is InChI=1S/C18H21NO3S/c1-12-4-6-15(7-5-12)23(21,22)19-11-14-10-13-8-9-18(14,16(19)20)17(13,2)3/h4-7,11,13H,8-10H2,1-3H3. The number of carbonyl (C=O) groups is 1. The number of fused-ring (bicyclic) bond motifs is 1. The Hall–Kier alpha value is -1.62. The van der Waals surface area contributed by atoms with Crippen LogP contribution in [0.15, 0.2) is 40.9 Å². The average Bonchev–Trinajstić information content (AvgIpc) is 3.03. The second kappa shape index (κ2) is 4.26. The number of aryl methyl sites for hydroxylation is 1. The van der Waals surface area contributed by atoms with Gasteiger partial charge in [-0.15, -0.1) is 0 Å². The largest absolute Gasteiger partial charge is 0.272 e. The van der Waals surface area contributed by atoms with Gasteiger partial charge < -0.3 is 0 Å². The number of benzene rings is 1. The predicted octanol–water partition coefficient (Wildman–Crippen LogP) is 3.24. The molecular weight excluding hydrogens is 310 g/mol. The maximum absolute atomic E-state index is 13.2. The lowest BCUT2D eigenvalue weighted by Crippen LogP contribution is -2.44. The van der Waals surface area contributed by atoms with Crippen LogP contribution in [0.25, 0.3) is 0 Å². The van der Waals surface area contributed by atoms with Crippen LogP contribution in [0.3, 0.4) is 0 Å². The van der Waals surface area contributed by atoms with Crippen LogP contribution in [0.5, 0.6) is 0 Å². The van der Waals surface area contributed by atoms with Crippen LogP contribution >= 0.6 is 0 Å². The van der Waals surface area contributed by atoms with Gasteiger partial charge in [0.05, 0.1) is 10.3 Å². The SMILES string of the molecule is Cc1ccc(S(=O)(=O)N2C=C3CC4CCC3(C2=O)C4(C)C)cc1. The first-order valence-corrected chi connectivity index (χ1v) is 9.52. The van der Waals surface area contributed by atoms with Gasteiger partial charge in [-0.05, 0) is 55.2 Å². The normalized spacial score (nSPS) is 31.4. The van der Waals surface area contributed by atoms with Crippen molar-refractivity contribution in [1.82, 2.24) is 4.31 Å². The highest BCUT2D eigenvalue weighted by atomic mass is 32.2. The van der Waals surface area contributed by atoms with Gasteiger partial charge in [-0.3, -0.25) is 4.79 Å². The van der Waals surface area contributed by atoms with Crippen molar-refractivity contribution >= 4 is 15.9 Å². The zero-order valence-electron chi connectivity index (χ0n) is 13.7. The summed E-state index contributed by atoms with van der Waals surface area (Å²) in [6.07, 6.45) is 4.24. The first-order chi connectivity index (χ1) is 10.7. The van der Waals surface area contributed by atoms with Crippen molar-refractivity contribution in [2.24, 2.45) is 16.7 Å². The first kappa shape index (κ1) is 14.9. The van der Waals surface area contributed by atoms with Gasteiger partial charge in [-0.25, -0.2) is 12.7 Å². The molecule has 0 N–H and O–H groups in total. The summed E-state index contributed by atoms with van der Waals surface area (Å²) in [6, 6.07) is 6.67. The van der Waals surface area contributed by atoms with E-state index in [0.29, 0.717) is 5.92 Å². The molecule has 23 heavy (non-hydrogen) atoms. The van der Waals surface area contributed by atoms with E-state index in [0.717, 1.165) is 34.7 Å². The fourth-order valence-corrected chi connectivity index (χ4v) is 6.21. The zero-order chi connectivity index (χ0) is 16.6. The molecule has 2 atom stereocenters. The first-order valence-electron chi connectivity index (χ1n) is 8.08. The second-order valence-electron chi connectivity index (χ2n) is 7.64. The fourth-order valence-electron chi connectivity index (χ4n) is 4.87. The number of hydrogen-bond acceptors (Lipinski definition) is 3. The quantitative estimate of drug-likeness (QED) is 0.836. The third-order valence-electron chi connectivity index (χ3n) is 6.42. The summed E-state index contributed by atoms with van der Waals surface area (Å²) in [7, 11) is -3.82. The van der Waals surface area contributed by atoms with Crippen molar-refractivity contribution in [3.63, 3.8) is 0 Å². The Morgan fingerprint density at radius 1 is 1.17 bits per heavy atom. The van der Waals surface area contributed by atoms with Gasteiger partial charge in [0, 0.05) is 6.20 Å². The summed E-state index contributed by atoms with van der Waals surface area (Å²) in [5.41, 5.74) is 1.24. The molecule has 1 amide bonds. The summed E-state index contributed by atoms with van der Waals surface area (Å²) in [5.74, 6) is 0.236. The molecule has 2 bridgehead atoms. The van der Waals surface area contributed by atoms with Crippen LogP contribution in [0.2, 0.25) is 0 Å². The van der Waals surface area contributed by atoms with E-state index in [1.165, 1.54) is 0 Å². The van der Waals surface area contributed by atoms with E-state index in [9.17, 15) is 13.2 Å². The van der Waals surface area contributed by atoms with Crippen LogP contribution in [-0.2, 0) is 14.8 Å². The van der Waals surface area contributed by atoms with E-state index >= 15 is 0 Å². The van der Waals surface area contributed by atoms with Gasteiger partial charge in [0.2, 0.25) is 0 Å². The number of carbonyl (C=O) groups excluding carboxylic acids is 1. The Morgan fingerprint density at radius 3 is 2.39 bits per heavy atom. The highest BCUT2D eigenvalue weighted by molar-refractivity contribution is 7.89. The molecule has 0 aromatic heterocycles. The number of hydrogen-bond donors (Lipinski definition) is 0. The summed E-state index contributed by atoms with van der Waals surface area (Å²) in [6.45, 7) is 6.14. The number of amides is 1. The molecule has 4 rings (SSSR count). The third-order valence-corrected chi connectivity index (χ3v) is 8.08. The highest BCUT2D eigenvalue weighted by Crippen LogP contribution is 2.70. The lowest BCUT2D eigenvalue weighted by molar-refractivity contribution is -0.135. The van der Waals surface area contributed by atoms with Crippen molar-refractivity contribution in [2.75, 3.05) is 0 Å². The maximum Gasteiger partial charge on any atom is 0.270 e. The van der Waals surface area contributed by atoms with Gasteiger partial charge in [0.1, 0.15) is 0 Å². The van der Waals surface area contributed by atoms with Gasteiger partial charge >= 0.3 is 0 Å². The van der Waals surface area contributed by atoms with Crippen molar-refractivity contribution in [3.05, 3.63) is 41.6 Å². The fraction of sp³-hybridized carbons (Fsp3) is 0.500. The van der Waals surface area contributed by atoms with Crippen molar-refractivity contribution in [1.29, 1.82) is 0 Å². The molecule has 1 aliphatic heterocycles. The van der Waals surface area contributed by atoms with E-state index in [1.54, 1.807) is 30.5 Å². The van der Waals surface area contributed by atoms with Crippen LogP contribution < -0.4 is 0 Å². The molecule has 122 valence electrons. The van der Waals surface area contributed by atoms with E-state index in [2.05, 4.69) is 13.8 Å². The predicted molar refractivity (Wildman–Crippen MR) is 86.8 cm³/mol. The molecule has 1 aromatic carbocycles. The molecule has 4 nitrogen and oxygen atoms in total. The monoisotopic (exact) mass is 331 g/mol. The second-order valence-corrected chi connectivity index (χ2v) is 9.46. The molecule has 2 saturated carbocycles. The lowest BCUT2D eigenvalue weighted by atomic mass is 9.68. The minimum Gasteiger partial charge on any atom is -0.272 e. The van der Waals surface area contributed by atoms with E-state index in [4.69, 9.17) is 0 Å². The molecule has 0 saturated heterocycles. The van der Waals surface area contributed by atoms with Gasteiger partial charge in [0.25, 0.3) is 15.9 Å². The van der Waals surface area contributed by atoms with Crippen LogP contribution in [0, 0.1) is 23.7 Å². The van der Waals surface area contributed by atoms with Gasteiger partial charge in [-0.1, -0.05) is 31.5 Å². The number of rotatable bonds is 2. The topological polar surface area (TPSA) is 54.5 Å². The highest BCUT2D eigenvalue weighted by Gasteiger charge is 2.69. The van der Waals surface area contributed by atoms with E-state index < -0.39 is 15.4 Å². The molecule has 5 heteroatoms. The smallest absolute Gasteiger partial charge is 0.270 e.